The maximum absolute atomic E-state index is 12.4. The van der Waals surface area contributed by atoms with Crippen LogP contribution < -0.4 is 10.5 Å². The number of primary sulfonamides is 1. The van der Waals surface area contributed by atoms with Crippen molar-refractivity contribution in [1.29, 1.82) is 0 Å². The highest BCUT2D eigenvalue weighted by atomic mass is 32.2. The van der Waals surface area contributed by atoms with E-state index in [0.717, 1.165) is 28.6 Å². The van der Waals surface area contributed by atoms with Crippen LogP contribution in [-0.4, -0.2) is 33.9 Å². The molecule has 0 unspecified atom stereocenters. The quantitative estimate of drug-likeness (QED) is 0.423. The molecule has 2 aromatic heterocycles. The molecule has 0 aliphatic heterocycles. The number of carbonyl (C=O) groups is 1. The molecule has 0 aliphatic carbocycles. The van der Waals surface area contributed by atoms with E-state index in [2.05, 4.69) is 10.4 Å². The number of nitrogens with one attached hydrogen (secondary N) is 1. The molecule has 2 heterocycles. The predicted molar refractivity (Wildman–Crippen MR) is 119 cm³/mol. The van der Waals surface area contributed by atoms with Crippen LogP contribution in [0.4, 0.5) is 0 Å². The first-order valence-corrected chi connectivity index (χ1v) is 11.4. The predicted octanol–water partition coefficient (Wildman–Crippen LogP) is 1.76. The van der Waals surface area contributed by atoms with Gasteiger partial charge in [-0.05, 0) is 5.56 Å². The number of carbonyl (C=O) groups excluding carboxylic acids is 1. The molecule has 1 amide bonds. The molecule has 0 saturated heterocycles. The van der Waals surface area contributed by atoms with Crippen molar-refractivity contribution in [2.45, 2.75) is 24.5 Å². The van der Waals surface area contributed by atoms with Gasteiger partial charge in [0.2, 0.25) is 15.9 Å². The van der Waals surface area contributed by atoms with Crippen molar-refractivity contribution in [2.24, 2.45) is 5.14 Å². The number of rotatable bonds is 8. The van der Waals surface area contributed by atoms with Crippen molar-refractivity contribution in [2.75, 3.05) is 0 Å². The number of amides is 1. The molecule has 10 heteroatoms. The Morgan fingerprint density at radius 3 is 2.31 bits per heavy atom. The summed E-state index contributed by atoms with van der Waals surface area (Å²) in [4.78, 5) is 12.3. The summed E-state index contributed by atoms with van der Waals surface area (Å²) in [5.41, 5.74) is 3.73. The molecule has 32 heavy (non-hydrogen) atoms. The Balaban J connectivity index is 1.49. The highest BCUT2D eigenvalue weighted by Gasteiger charge is 2.15. The lowest BCUT2D eigenvalue weighted by molar-refractivity contribution is -0.122. The molecule has 4 rings (SSSR count). The lowest BCUT2D eigenvalue weighted by atomic mass is 10.1. The second-order valence-electron chi connectivity index (χ2n) is 7.25. The van der Waals surface area contributed by atoms with Gasteiger partial charge in [0.25, 0.3) is 0 Å². The number of hydrogen-bond acceptors (Lipinski definition) is 5. The van der Waals surface area contributed by atoms with Gasteiger partial charge in [-0.15, -0.1) is 0 Å². The number of nitrogens with two attached hydrogens (primary N) is 1. The average Bonchev–Trinajstić information content (AvgIpc) is 3.41. The third kappa shape index (κ3) is 5.29. The van der Waals surface area contributed by atoms with Crippen LogP contribution in [0.25, 0.3) is 11.3 Å². The monoisotopic (exact) mass is 450 g/mol. The van der Waals surface area contributed by atoms with E-state index in [1.807, 2.05) is 71.5 Å². The van der Waals surface area contributed by atoms with E-state index in [1.165, 1.54) is 10.9 Å². The SMILES string of the molecule is NS(=O)(=O)c1cnn(CC(=O)NCc2cn(Cc3ccccc3)nc2-c2ccccc2)c1. The molecule has 0 aliphatic rings. The van der Waals surface area contributed by atoms with Crippen molar-refractivity contribution in [3.63, 3.8) is 0 Å². The normalized spacial score (nSPS) is 11.4. The Kier molecular flexibility index (Phi) is 6.15. The number of sulfonamides is 1. The zero-order valence-electron chi connectivity index (χ0n) is 17.1. The number of benzene rings is 2. The summed E-state index contributed by atoms with van der Waals surface area (Å²) in [6, 6.07) is 19.8. The first-order valence-electron chi connectivity index (χ1n) is 9.86. The topological polar surface area (TPSA) is 125 Å². The summed E-state index contributed by atoms with van der Waals surface area (Å²) in [6.07, 6.45) is 4.26. The minimum absolute atomic E-state index is 0.131. The summed E-state index contributed by atoms with van der Waals surface area (Å²) in [5.74, 6) is -0.316. The molecule has 0 atom stereocenters. The second-order valence-corrected chi connectivity index (χ2v) is 8.81. The first-order chi connectivity index (χ1) is 15.4. The zero-order chi connectivity index (χ0) is 22.6. The maximum Gasteiger partial charge on any atom is 0.242 e. The third-order valence-electron chi connectivity index (χ3n) is 4.79. The van der Waals surface area contributed by atoms with E-state index in [9.17, 15) is 13.2 Å². The van der Waals surface area contributed by atoms with Crippen molar-refractivity contribution in [1.82, 2.24) is 24.9 Å². The number of aromatic nitrogens is 4. The van der Waals surface area contributed by atoms with Crippen LogP contribution in [-0.2, 0) is 34.5 Å². The van der Waals surface area contributed by atoms with Crippen molar-refractivity contribution in [3.05, 3.63) is 90.4 Å². The third-order valence-corrected chi connectivity index (χ3v) is 5.66. The molecular formula is C22H22N6O3S. The Labute approximate surface area is 185 Å². The Morgan fingerprint density at radius 1 is 0.969 bits per heavy atom. The van der Waals surface area contributed by atoms with Crippen LogP contribution in [0.3, 0.4) is 0 Å². The molecule has 0 saturated carbocycles. The van der Waals surface area contributed by atoms with Crippen molar-refractivity contribution >= 4 is 15.9 Å². The molecule has 0 fully saturated rings. The van der Waals surface area contributed by atoms with E-state index >= 15 is 0 Å². The van der Waals surface area contributed by atoms with Crippen molar-refractivity contribution < 1.29 is 13.2 Å². The summed E-state index contributed by atoms with van der Waals surface area (Å²) in [6.45, 7) is 0.744. The highest BCUT2D eigenvalue weighted by Crippen LogP contribution is 2.22. The van der Waals surface area contributed by atoms with Gasteiger partial charge >= 0.3 is 0 Å². The van der Waals surface area contributed by atoms with E-state index in [1.54, 1.807) is 0 Å². The van der Waals surface area contributed by atoms with Crippen LogP contribution in [0.5, 0.6) is 0 Å². The van der Waals surface area contributed by atoms with Crippen LogP contribution in [0.2, 0.25) is 0 Å². The molecule has 9 nitrogen and oxygen atoms in total. The minimum atomic E-state index is -3.86. The van der Waals surface area contributed by atoms with Gasteiger partial charge in [-0.1, -0.05) is 60.7 Å². The Hall–Kier alpha value is -3.76. The lowest BCUT2D eigenvalue weighted by Gasteiger charge is -2.06. The van der Waals surface area contributed by atoms with Gasteiger partial charge in [0, 0.05) is 30.1 Å². The van der Waals surface area contributed by atoms with Gasteiger partial charge in [0.15, 0.2) is 0 Å². The number of hydrogen-bond donors (Lipinski definition) is 2. The van der Waals surface area contributed by atoms with Gasteiger partial charge in [0.05, 0.1) is 18.4 Å². The van der Waals surface area contributed by atoms with Gasteiger partial charge < -0.3 is 5.32 Å². The first kappa shape index (κ1) is 21.5. The fraction of sp³-hybridized carbons (Fsp3) is 0.136. The summed E-state index contributed by atoms with van der Waals surface area (Å²) < 4.78 is 25.8. The van der Waals surface area contributed by atoms with Crippen LogP contribution in [0.1, 0.15) is 11.1 Å². The molecule has 2 aromatic carbocycles. The molecule has 164 valence electrons. The average molecular weight is 451 g/mol. The molecule has 0 bridgehead atoms. The minimum Gasteiger partial charge on any atom is -0.350 e. The second kappa shape index (κ2) is 9.16. The number of nitrogens with zero attached hydrogens (tertiary/aromatic N) is 4. The Bertz CT molecular complexity index is 1310. The molecule has 0 spiro atoms. The van der Waals surface area contributed by atoms with Crippen LogP contribution in [0, 0.1) is 0 Å². The fourth-order valence-electron chi connectivity index (χ4n) is 3.26. The standard InChI is InChI=1S/C22H22N6O3S/c23-32(30,31)20-12-25-27(15-20)16-21(29)24-11-19-14-28(13-17-7-3-1-4-8-17)26-22(19)18-9-5-2-6-10-18/h1-10,12,14-15H,11,13,16H2,(H,24,29)(H2,23,30,31). The van der Waals surface area contributed by atoms with Crippen LogP contribution >= 0.6 is 0 Å². The molecule has 4 aromatic rings. The van der Waals surface area contributed by atoms with E-state index < -0.39 is 10.0 Å². The summed E-state index contributed by atoms with van der Waals surface area (Å²) >= 11 is 0. The maximum atomic E-state index is 12.4. The molecule has 0 radical (unpaired) electrons. The van der Waals surface area contributed by atoms with Crippen molar-refractivity contribution in [3.8, 4) is 11.3 Å². The van der Waals surface area contributed by atoms with Gasteiger partial charge in [-0.2, -0.15) is 10.2 Å². The highest BCUT2D eigenvalue weighted by molar-refractivity contribution is 7.89. The van der Waals surface area contributed by atoms with E-state index in [-0.39, 0.29) is 23.9 Å². The smallest absolute Gasteiger partial charge is 0.242 e. The Morgan fingerprint density at radius 2 is 1.66 bits per heavy atom. The largest absolute Gasteiger partial charge is 0.350 e. The molecule has 3 N–H and O–H groups in total. The van der Waals surface area contributed by atoms with E-state index in [0.29, 0.717) is 6.54 Å². The lowest BCUT2D eigenvalue weighted by Crippen LogP contribution is -2.27. The van der Waals surface area contributed by atoms with Crippen LogP contribution in [0.15, 0.2) is 84.1 Å². The molecular weight excluding hydrogens is 428 g/mol. The van der Waals surface area contributed by atoms with Gasteiger partial charge in [0.1, 0.15) is 11.4 Å². The summed E-state index contributed by atoms with van der Waals surface area (Å²) in [5, 5.41) is 16.5. The van der Waals surface area contributed by atoms with E-state index in [4.69, 9.17) is 10.2 Å². The fourth-order valence-corrected chi connectivity index (χ4v) is 3.72. The van der Waals surface area contributed by atoms with Gasteiger partial charge in [-0.3, -0.25) is 14.2 Å². The van der Waals surface area contributed by atoms with Gasteiger partial charge in [-0.25, -0.2) is 13.6 Å². The zero-order valence-corrected chi connectivity index (χ0v) is 17.9. The summed E-state index contributed by atoms with van der Waals surface area (Å²) in [7, 11) is -3.86.